The molecule has 1 amide bonds. The van der Waals surface area contributed by atoms with Gasteiger partial charge in [0.05, 0.1) is 5.54 Å². The molecule has 86 valence electrons. The number of carbonyl (C=O) groups is 1. The number of nitrogens with two attached hydrogens (primary N) is 1. The van der Waals surface area contributed by atoms with E-state index in [9.17, 15) is 4.79 Å². The van der Waals surface area contributed by atoms with E-state index in [1.807, 2.05) is 0 Å². The molecule has 0 aromatic carbocycles. The van der Waals surface area contributed by atoms with Gasteiger partial charge in [-0.25, -0.2) is 0 Å². The first-order chi connectivity index (χ1) is 7.08. The molecule has 0 bridgehead atoms. The minimum absolute atomic E-state index is 0.0101. The van der Waals surface area contributed by atoms with E-state index in [0.717, 1.165) is 25.7 Å². The Morgan fingerprint density at radius 2 is 2.47 bits per heavy atom. The second-order valence-corrected chi connectivity index (χ2v) is 4.69. The van der Waals surface area contributed by atoms with Crippen LogP contribution in [0.15, 0.2) is 12.7 Å². The van der Waals surface area contributed by atoms with E-state index in [1.54, 1.807) is 6.08 Å². The predicted molar refractivity (Wildman–Crippen MR) is 62.4 cm³/mol. The maximum atomic E-state index is 11.9. The summed E-state index contributed by atoms with van der Waals surface area (Å²) in [4.78, 5) is 11.9. The number of hydrogen-bond acceptors (Lipinski definition) is 2. The first-order valence-corrected chi connectivity index (χ1v) is 5.76. The van der Waals surface area contributed by atoms with E-state index in [1.165, 1.54) is 6.42 Å². The Hall–Kier alpha value is -0.830. The van der Waals surface area contributed by atoms with Crippen molar-refractivity contribution >= 4 is 5.91 Å². The molecule has 1 aliphatic carbocycles. The summed E-state index contributed by atoms with van der Waals surface area (Å²) in [5, 5.41) is 2.88. The van der Waals surface area contributed by atoms with Gasteiger partial charge in [0, 0.05) is 6.54 Å². The van der Waals surface area contributed by atoms with Crippen LogP contribution < -0.4 is 11.1 Å². The number of hydrogen-bond donors (Lipinski definition) is 2. The maximum Gasteiger partial charge on any atom is 0.240 e. The molecule has 1 saturated carbocycles. The molecule has 0 aromatic rings. The monoisotopic (exact) mass is 210 g/mol. The second-order valence-electron chi connectivity index (χ2n) is 4.69. The third kappa shape index (κ3) is 3.34. The Balaban J connectivity index is 2.44. The van der Waals surface area contributed by atoms with Crippen molar-refractivity contribution < 1.29 is 4.79 Å². The zero-order valence-corrected chi connectivity index (χ0v) is 9.59. The molecule has 2 atom stereocenters. The minimum Gasteiger partial charge on any atom is -0.354 e. The van der Waals surface area contributed by atoms with Crippen LogP contribution in [0.1, 0.15) is 39.0 Å². The summed E-state index contributed by atoms with van der Waals surface area (Å²) >= 11 is 0. The predicted octanol–water partition coefficient (Wildman–Crippen LogP) is 1.59. The fourth-order valence-corrected chi connectivity index (χ4v) is 2.26. The summed E-state index contributed by atoms with van der Waals surface area (Å²) < 4.78 is 0. The van der Waals surface area contributed by atoms with Gasteiger partial charge < -0.3 is 11.1 Å². The average molecular weight is 210 g/mol. The SMILES string of the molecule is C=CCCNC(=O)C1(N)CCCC(C)C1. The Bertz CT molecular complexity index is 240. The molecule has 0 heterocycles. The van der Waals surface area contributed by atoms with Crippen molar-refractivity contribution in [2.75, 3.05) is 6.54 Å². The van der Waals surface area contributed by atoms with Gasteiger partial charge in [0.2, 0.25) is 5.91 Å². The number of amides is 1. The molecule has 0 saturated heterocycles. The molecule has 3 N–H and O–H groups in total. The van der Waals surface area contributed by atoms with Gasteiger partial charge in [-0.05, 0) is 25.2 Å². The molecule has 1 fully saturated rings. The Morgan fingerprint density at radius 1 is 1.73 bits per heavy atom. The first kappa shape index (κ1) is 12.2. The van der Waals surface area contributed by atoms with E-state index in [-0.39, 0.29) is 5.91 Å². The van der Waals surface area contributed by atoms with E-state index >= 15 is 0 Å². The van der Waals surface area contributed by atoms with Crippen molar-refractivity contribution in [3.8, 4) is 0 Å². The summed E-state index contributed by atoms with van der Waals surface area (Å²) in [5.41, 5.74) is 5.51. The molecule has 3 heteroatoms. The standard InChI is InChI=1S/C12H22N2O/c1-3-4-8-14-11(15)12(13)7-5-6-10(2)9-12/h3,10H,1,4-9,13H2,2H3,(H,14,15). The third-order valence-corrected chi connectivity index (χ3v) is 3.12. The smallest absolute Gasteiger partial charge is 0.240 e. The largest absolute Gasteiger partial charge is 0.354 e. The second kappa shape index (κ2) is 5.31. The van der Waals surface area contributed by atoms with Gasteiger partial charge in [0.1, 0.15) is 0 Å². The van der Waals surface area contributed by atoms with Gasteiger partial charge in [-0.3, -0.25) is 4.79 Å². The molecule has 1 aliphatic rings. The zero-order chi connectivity index (χ0) is 11.3. The van der Waals surface area contributed by atoms with Crippen LogP contribution in [0.3, 0.4) is 0 Å². The van der Waals surface area contributed by atoms with E-state index in [4.69, 9.17) is 5.73 Å². The molecule has 3 nitrogen and oxygen atoms in total. The van der Waals surface area contributed by atoms with E-state index < -0.39 is 5.54 Å². The third-order valence-electron chi connectivity index (χ3n) is 3.12. The highest BCUT2D eigenvalue weighted by Gasteiger charge is 2.37. The molecule has 0 radical (unpaired) electrons. The van der Waals surface area contributed by atoms with Gasteiger partial charge in [0.15, 0.2) is 0 Å². The minimum atomic E-state index is -0.626. The summed E-state index contributed by atoms with van der Waals surface area (Å²) in [7, 11) is 0. The lowest BCUT2D eigenvalue weighted by Gasteiger charge is -2.35. The van der Waals surface area contributed by atoms with E-state index in [0.29, 0.717) is 12.5 Å². The summed E-state index contributed by atoms with van der Waals surface area (Å²) in [6, 6.07) is 0. The fraction of sp³-hybridized carbons (Fsp3) is 0.750. The Labute approximate surface area is 92.1 Å². The van der Waals surface area contributed by atoms with Gasteiger partial charge in [0.25, 0.3) is 0 Å². The van der Waals surface area contributed by atoms with Crippen molar-refractivity contribution in [3.63, 3.8) is 0 Å². The number of nitrogens with one attached hydrogen (secondary N) is 1. The van der Waals surface area contributed by atoms with Crippen LogP contribution in [0.25, 0.3) is 0 Å². The molecular weight excluding hydrogens is 188 g/mol. The Morgan fingerprint density at radius 3 is 3.07 bits per heavy atom. The molecule has 0 spiro atoms. The maximum absolute atomic E-state index is 11.9. The highest BCUT2D eigenvalue weighted by molar-refractivity contribution is 5.86. The van der Waals surface area contributed by atoms with Gasteiger partial charge in [-0.2, -0.15) is 0 Å². The zero-order valence-electron chi connectivity index (χ0n) is 9.59. The van der Waals surface area contributed by atoms with Crippen LogP contribution in [0.5, 0.6) is 0 Å². The van der Waals surface area contributed by atoms with Crippen LogP contribution in [-0.4, -0.2) is 18.0 Å². The molecule has 15 heavy (non-hydrogen) atoms. The van der Waals surface area contributed by atoms with Crippen molar-refractivity contribution in [2.24, 2.45) is 11.7 Å². The van der Waals surface area contributed by atoms with Crippen LogP contribution in [0.4, 0.5) is 0 Å². The lowest BCUT2D eigenvalue weighted by atomic mass is 9.76. The number of rotatable bonds is 4. The number of carbonyl (C=O) groups excluding carboxylic acids is 1. The van der Waals surface area contributed by atoms with Gasteiger partial charge in [-0.1, -0.05) is 25.8 Å². The lowest BCUT2D eigenvalue weighted by Crippen LogP contribution is -2.56. The highest BCUT2D eigenvalue weighted by Crippen LogP contribution is 2.30. The summed E-state index contributed by atoms with van der Waals surface area (Å²) in [6.45, 7) is 6.43. The summed E-state index contributed by atoms with van der Waals surface area (Å²) in [5.74, 6) is 0.574. The molecule has 0 aliphatic heterocycles. The van der Waals surface area contributed by atoms with Crippen LogP contribution in [-0.2, 0) is 4.79 Å². The molecular formula is C12H22N2O. The fourth-order valence-electron chi connectivity index (χ4n) is 2.26. The van der Waals surface area contributed by atoms with Crippen molar-refractivity contribution in [1.29, 1.82) is 0 Å². The molecule has 2 unspecified atom stereocenters. The normalized spacial score (nSPS) is 30.9. The molecule has 1 rings (SSSR count). The average Bonchev–Trinajstić information content (AvgIpc) is 2.17. The van der Waals surface area contributed by atoms with Gasteiger partial charge >= 0.3 is 0 Å². The molecule has 0 aromatic heterocycles. The van der Waals surface area contributed by atoms with Crippen molar-refractivity contribution in [1.82, 2.24) is 5.32 Å². The van der Waals surface area contributed by atoms with Crippen molar-refractivity contribution in [2.45, 2.75) is 44.6 Å². The Kier molecular flexibility index (Phi) is 4.33. The van der Waals surface area contributed by atoms with Gasteiger partial charge in [-0.15, -0.1) is 6.58 Å². The first-order valence-electron chi connectivity index (χ1n) is 5.76. The van der Waals surface area contributed by atoms with Crippen LogP contribution in [0, 0.1) is 5.92 Å². The van der Waals surface area contributed by atoms with Crippen molar-refractivity contribution in [3.05, 3.63) is 12.7 Å². The van der Waals surface area contributed by atoms with Crippen LogP contribution >= 0.6 is 0 Å². The van der Waals surface area contributed by atoms with Crippen LogP contribution in [0.2, 0.25) is 0 Å². The van der Waals surface area contributed by atoms with E-state index in [2.05, 4.69) is 18.8 Å². The topological polar surface area (TPSA) is 55.1 Å². The summed E-state index contributed by atoms with van der Waals surface area (Å²) in [6.07, 6.45) is 6.49. The lowest BCUT2D eigenvalue weighted by molar-refractivity contribution is -0.128. The quantitative estimate of drug-likeness (QED) is 0.547. The highest BCUT2D eigenvalue weighted by atomic mass is 16.2.